The fourth-order valence-corrected chi connectivity index (χ4v) is 3.34. The number of hydrogen-bond donors (Lipinski definition) is 1. The third-order valence-corrected chi connectivity index (χ3v) is 4.99. The summed E-state index contributed by atoms with van der Waals surface area (Å²) in [5.74, 6) is 2.31. The Morgan fingerprint density at radius 3 is 2.50 bits per heavy atom. The molecule has 106 valence electrons. The maximum Gasteiger partial charge on any atom is 0.0219 e. The Morgan fingerprint density at radius 1 is 1.22 bits per heavy atom. The molecule has 2 rings (SSSR count). The van der Waals surface area contributed by atoms with Crippen molar-refractivity contribution in [2.75, 3.05) is 51.3 Å². The first kappa shape index (κ1) is 14.6. The molecule has 1 saturated carbocycles. The third-order valence-electron chi connectivity index (χ3n) is 4.29. The molecule has 3 nitrogen and oxygen atoms in total. The van der Waals surface area contributed by atoms with E-state index in [4.69, 9.17) is 5.73 Å². The van der Waals surface area contributed by atoms with Crippen molar-refractivity contribution in [3.63, 3.8) is 0 Å². The predicted molar refractivity (Wildman–Crippen MR) is 81.2 cm³/mol. The standard InChI is InChI=1S/C14H29N3S/c1-18-10-2-3-14(11-15)17-8-6-16(7-9-17)12-13-4-5-13/h13-14H,2-12,15H2,1H3. The van der Waals surface area contributed by atoms with Crippen LogP contribution in [0.3, 0.4) is 0 Å². The minimum atomic E-state index is 0.625. The molecule has 4 heteroatoms. The summed E-state index contributed by atoms with van der Waals surface area (Å²) in [6.45, 7) is 7.16. The first-order valence-corrected chi connectivity index (χ1v) is 8.88. The molecule has 1 saturated heterocycles. The van der Waals surface area contributed by atoms with E-state index < -0.39 is 0 Å². The molecule has 0 spiro atoms. The van der Waals surface area contributed by atoms with Gasteiger partial charge in [0.2, 0.25) is 0 Å². The van der Waals surface area contributed by atoms with E-state index in [2.05, 4.69) is 16.1 Å². The SMILES string of the molecule is CSCCCC(CN)N1CCN(CC2CC2)CC1. The van der Waals surface area contributed by atoms with Crippen molar-refractivity contribution >= 4 is 11.8 Å². The Balaban J connectivity index is 1.65. The molecule has 1 unspecified atom stereocenters. The van der Waals surface area contributed by atoms with E-state index >= 15 is 0 Å². The lowest BCUT2D eigenvalue weighted by Gasteiger charge is -2.39. The second-order valence-electron chi connectivity index (χ2n) is 5.80. The molecule has 0 aromatic rings. The highest BCUT2D eigenvalue weighted by Gasteiger charge is 2.27. The van der Waals surface area contributed by atoms with Gasteiger partial charge in [-0.05, 0) is 43.6 Å². The van der Waals surface area contributed by atoms with Gasteiger partial charge >= 0.3 is 0 Å². The van der Waals surface area contributed by atoms with Crippen LogP contribution in [-0.4, -0.2) is 67.1 Å². The van der Waals surface area contributed by atoms with E-state index in [1.54, 1.807) is 0 Å². The summed E-state index contributed by atoms with van der Waals surface area (Å²) >= 11 is 1.95. The first-order valence-electron chi connectivity index (χ1n) is 7.49. The molecule has 0 radical (unpaired) electrons. The van der Waals surface area contributed by atoms with Crippen LogP contribution in [0.2, 0.25) is 0 Å². The number of piperazine rings is 1. The normalized spacial score (nSPS) is 24.3. The summed E-state index contributed by atoms with van der Waals surface area (Å²) in [6, 6.07) is 0.625. The fraction of sp³-hybridized carbons (Fsp3) is 1.00. The van der Waals surface area contributed by atoms with Crippen LogP contribution in [0.1, 0.15) is 25.7 Å². The van der Waals surface area contributed by atoms with Gasteiger partial charge in [-0.25, -0.2) is 0 Å². The van der Waals surface area contributed by atoms with E-state index in [-0.39, 0.29) is 0 Å². The third kappa shape index (κ3) is 4.72. The topological polar surface area (TPSA) is 32.5 Å². The molecule has 2 N–H and O–H groups in total. The molecule has 0 amide bonds. The zero-order chi connectivity index (χ0) is 12.8. The molecule has 18 heavy (non-hydrogen) atoms. The molecule has 2 aliphatic rings. The van der Waals surface area contributed by atoms with Crippen LogP contribution in [0.4, 0.5) is 0 Å². The van der Waals surface area contributed by atoms with Crippen LogP contribution in [0.5, 0.6) is 0 Å². The zero-order valence-corrected chi connectivity index (χ0v) is 12.6. The highest BCUT2D eigenvalue weighted by atomic mass is 32.2. The van der Waals surface area contributed by atoms with Crippen molar-refractivity contribution in [2.45, 2.75) is 31.7 Å². The van der Waals surface area contributed by atoms with Crippen molar-refractivity contribution in [3.8, 4) is 0 Å². The summed E-state index contributed by atoms with van der Waals surface area (Å²) in [7, 11) is 0. The number of hydrogen-bond acceptors (Lipinski definition) is 4. The Labute approximate surface area is 116 Å². The molecule has 2 fully saturated rings. The maximum atomic E-state index is 5.95. The monoisotopic (exact) mass is 271 g/mol. The molecular weight excluding hydrogens is 242 g/mol. The summed E-state index contributed by atoms with van der Waals surface area (Å²) in [5.41, 5.74) is 5.95. The molecule has 1 aliphatic heterocycles. The van der Waals surface area contributed by atoms with E-state index in [0.29, 0.717) is 6.04 Å². The molecule has 0 bridgehead atoms. The zero-order valence-electron chi connectivity index (χ0n) is 11.8. The lowest BCUT2D eigenvalue weighted by Crippen LogP contribution is -2.52. The largest absolute Gasteiger partial charge is 0.329 e. The van der Waals surface area contributed by atoms with Gasteiger partial charge in [-0.15, -0.1) is 0 Å². The van der Waals surface area contributed by atoms with E-state index in [1.165, 1.54) is 64.2 Å². The molecule has 1 atom stereocenters. The highest BCUT2D eigenvalue weighted by Crippen LogP contribution is 2.30. The van der Waals surface area contributed by atoms with Gasteiger partial charge in [0.15, 0.2) is 0 Å². The fourth-order valence-electron chi connectivity index (χ4n) is 2.89. The number of nitrogens with two attached hydrogens (primary N) is 1. The smallest absolute Gasteiger partial charge is 0.0219 e. The molecular formula is C14H29N3S. The van der Waals surface area contributed by atoms with Crippen LogP contribution in [0.15, 0.2) is 0 Å². The molecule has 1 aliphatic carbocycles. The van der Waals surface area contributed by atoms with Crippen molar-refractivity contribution < 1.29 is 0 Å². The van der Waals surface area contributed by atoms with Gasteiger partial charge in [0, 0.05) is 45.3 Å². The van der Waals surface area contributed by atoms with Crippen LogP contribution >= 0.6 is 11.8 Å². The Bertz CT molecular complexity index is 225. The average Bonchev–Trinajstić information content (AvgIpc) is 3.20. The van der Waals surface area contributed by atoms with Crippen LogP contribution in [0.25, 0.3) is 0 Å². The van der Waals surface area contributed by atoms with Gasteiger partial charge in [-0.3, -0.25) is 4.90 Å². The lowest BCUT2D eigenvalue weighted by atomic mass is 10.1. The van der Waals surface area contributed by atoms with Gasteiger partial charge in [0.05, 0.1) is 0 Å². The second-order valence-corrected chi connectivity index (χ2v) is 6.79. The molecule has 1 heterocycles. The number of nitrogens with zero attached hydrogens (tertiary/aromatic N) is 2. The number of thioether (sulfide) groups is 1. The summed E-state index contributed by atoms with van der Waals surface area (Å²) in [4.78, 5) is 5.29. The van der Waals surface area contributed by atoms with E-state index in [0.717, 1.165) is 12.5 Å². The van der Waals surface area contributed by atoms with Gasteiger partial charge in [-0.2, -0.15) is 11.8 Å². The quantitative estimate of drug-likeness (QED) is 0.678. The Morgan fingerprint density at radius 2 is 1.94 bits per heavy atom. The Kier molecular flexibility index (Phi) is 6.29. The van der Waals surface area contributed by atoms with Gasteiger partial charge < -0.3 is 10.6 Å². The minimum Gasteiger partial charge on any atom is -0.329 e. The predicted octanol–water partition coefficient (Wildman–Crippen LogP) is 1.48. The van der Waals surface area contributed by atoms with Crippen molar-refractivity contribution in [2.24, 2.45) is 11.7 Å². The first-order chi connectivity index (χ1) is 8.83. The summed E-state index contributed by atoms with van der Waals surface area (Å²) in [5, 5.41) is 0. The molecule has 0 aromatic heterocycles. The van der Waals surface area contributed by atoms with E-state index in [1.807, 2.05) is 11.8 Å². The maximum absolute atomic E-state index is 5.95. The van der Waals surface area contributed by atoms with E-state index in [9.17, 15) is 0 Å². The van der Waals surface area contributed by atoms with Crippen molar-refractivity contribution in [1.29, 1.82) is 0 Å². The van der Waals surface area contributed by atoms with Gasteiger partial charge in [-0.1, -0.05) is 0 Å². The molecule has 0 aromatic carbocycles. The number of rotatable bonds is 8. The van der Waals surface area contributed by atoms with Crippen LogP contribution in [-0.2, 0) is 0 Å². The van der Waals surface area contributed by atoms with Crippen molar-refractivity contribution in [1.82, 2.24) is 9.80 Å². The summed E-state index contributed by atoms with van der Waals surface area (Å²) < 4.78 is 0. The van der Waals surface area contributed by atoms with Gasteiger partial charge in [0.25, 0.3) is 0 Å². The van der Waals surface area contributed by atoms with Gasteiger partial charge in [0.1, 0.15) is 0 Å². The lowest BCUT2D eigenvalue weighted by molar-refractivity contribution is 0.0920. The average molecular weight is 271 g/mol. The summed E-state index contributed by atoms with van der Waals surface area (Å²) in [6.07, 6.45) is 7.72. The second kappa shape index (κ2) is 7.73. The van der Waals surface area contributed by atoms with Crippen LogP contribution in [0, 0.1) is 5.92 Å². The van der Waals surface area contributed by atoms with Crippen LogP contribution < -0.4 is 5.73 Å². The highest BCUT2D eigenvalue weighted by molar-refractivity contribution is 7.98. The van der Waals surface area contributed by atoms with Crippen molar-refractivity contribution in [3.05, 3.63) is 0 Å². The Hall–Kier alpha value is 0.230. The minimum absolute atomic E-state index is 0.625.